The van der Waals surface area contributed by atoms with Crippen molar-refractivity contribution in [2.45, 2.75) is 13.8 Å². The molecule has 0 atom stereocenters. The third-order valence-electron chi connectivity index (χ3n) is 2.74. The Morgan fingerprint density at radius 2 is 2.10 bits per heavy atom. The van der Waals surface area contributed by atoms with E-state index in [4.69, 9.17) is 4.74 Å². The average molecular weight is 288 g/mol. The van der Waals surface area contributed by atoms with E-state index in [-0.39, 0.29) is 5.91 Å². The molecule has 1 aromatic rings. The molecule has 1 aromatic carbocycles. The minimum Gasteiger partial charge on any atom is -0.490 e. The minimum absolute atomic E-state index is 0.172. The highest BCUT2D eigenvalue weighted by molar-refractivity contribution is 6.00. The monoisotopic (exact) mass is 288 g/mol. The number of rotatable bonds is 7. The van der Waals surface area contributed by atoms with Crippen molar-refractivity contribution in [3.05, 3.63) is 48.1 Å². The SMILES string of the molecule is C/C=C/C=C/C(=O)Nc1ccc(C)cc1OCCN(C)C. The number of hydrogen-bond acceptors (Lipinski definition) is 3. The lowest BCUT2D eigenvalue weighted by atomic mass is 10.2. The first-order chi connectivity index (χ1) is 10.0. The van der Waals surface area contributed by atoms with Gasteiger partial charge in [-0.2, -0.15) is 0 Å². The number of likely N-dealkylation sites (N-methyl/N-ethyl adjacent to an activating group) is 1. The van der Waals surface area contributed by atoms with Crippen molar-refractivity contribution >= 4 is 11.6 Å². The van der Waals surface area contributed by atoms with Gasteiger partial charge in [-0.25, -0.2) is 0 Å². The van der Waals surface area contributed by atoms with Gasteiger partial charge in [-0.3, -0.25) is 4.79 Å². The highest BCUT2D eigenvalue weighted by Gasteiger charge is 2.06. The molecule has 0 aliphatic rings. The summed E-state index contributed by atoms with van der Waals surface area (Å²) in [6.07, 6.45) is 6.87. The van der Waals surface area contributed by atoms with Gasteiger partial charge in [0.2, 0.25) is 5.91 Å². The van der Waals surface area contributed by atoms with E-state index in [2.05, 4.69) is 5.32 Å². The summed E-state index contributed by atoms with van der Waals surface area (Å²) in [6, 6.07) is 5.74. The van der Waals surface area contributed by atoms with E-state index in [9.17, 15) is 4.79 Å². The van der Waals surface area contributed by atoms with Crippen LogP contribution >= 0.6 is 0 Å². The fourth-order valence-corrected chi connectivity index (χ4v) is 1.62. The van der Waals surface area contributed by atoms with E-state index in [1.54, 1.807) is 6.08 Å². The van der Waals surface area contributed by atoms with Gasteiger partial charge in [-0.1, -0.05) is 24.3 Å². The normalized spacial score (nSPS) is 11.5. The van der Waals surface area contributed by atoms with E-state index in [0.717, 1.165) is 12.1 Å². The number of allylic oxidation sites excluding steroid dienone is 3. The van der Waals surface area contributed by atoms with Gasteiger partial charge in [0, 0.05) is 12.6 Å². The summed E-state index contributed by atoms with van der Waals surface area (Å²) in [7, 11) is 3.99. The van der Waals surface area contributed by atoms with Crippen molar-refractivity contribution in [2.24, 2.45) is 0 Å². The van der Waals surface area contributed by atoms with Crippen LogP contribution < -0.4 is 10.1 Å². The molecule has 0 saturated carbocycles. The number of benzene rings is 1. The van der Waals surface area contributed by atoms with E-state index >= 15 is 0 Å². The molecule has 0 heterocycles. The number of carbonyl (C=O) groups is 1. The molecule has 0 aliphatic heterocycles. The summed E-state index contributed by atoms with van der Waals surface area (Å²) in [5, 5.41) is 2.84. The Hall–Kier alpha value is -2.07. The summed E-state index contributed by atoms with van der Waals surface area (Å²) in [5.74, 6) is 0.527. The lowest BCUT2D eigenvalue weighted by Crippen LogP contribution is -2.20. The molecule has 1 N–H and O–H groups in total. The maximum absolute atomic E-state index is 11.8. The van der Waals surface area contributed by atoms with Gasteiger partial charge < -0.3 is 15.0 Å². The van der Waals surface area contributed by atoms with Gasteiger partial charge in [0.15, 0.2) is 0 Å². The van der Waals surface area contributed by atoms with Crippen LogP contribution in [0.25, 0.3) is 0 Å². The maximum Gasteiger partial charge on any atom is 0.248 e. The first kappa shape index (κ1) is 17.0. The van der Waals surface area contributed by atoms with Crippen molar-refractivity contribution in [3.8, 4) is 5.75 Å². The first-order valence-corrected chi connectivity index (χ1v) is 7.01. The molecule has 0 bridgehead atoms. The molecule has 1 rings (SSSR count). The zero-order valence-corrected chi connectivity index (χ0v) is 13.2. The van der Waals surface area contributed by atoms with Crippen LogP contribution in [0.4, 0.5) is 5.69 Å². The topological polar surface area (TPSA) is 41.6 Å². The van der Waals surface area contributed by atoms with Gasteiger partial charge in [-0.05, 0) is 45.6 Å². The second-order valence-corrected chi connectivity index (χ2v) is 5.03. The van der Waals surface area contributed by atoms with Gasteiger partial charge in [-0.15, -0.1) is 0 Å². The Bertz CT molecular complexity index is 520. The van der Waals surface area contributed by atoms with Crippen molar-refractivity contribution in [1.29, 1.82) is 0 Å². The molecular weight excluding hydrogens is 264 g/mol. The van der Waals surface area contributed by atoms with Crippen LogP contribution in [0.15, 0.2) is 42.5 Å². The van der Waals surface area contributed by atoms with Crippen molar-refractivity contribution in [1.82, 2.24) is 4.90 Å². The van der Waals surface area contributed by atoms with Crippen LogP contribution in [0.2, 0.25) is 0 Å². The van der Waals surface area contributed by atoms with E-state index in [0.29, 0.717) is 18.0 Å². The Balaban J connectivity index is 2.74. The van der Waals surface area contributed by atoms with Crippen LogP contribution in [-0.4, -0.2) is 38.1 Å². The lowest BCUT2D eigenvalue weighted by Gasteiger charge is -2.14. The number of amides is 1. The zero-order chi connectivity index (χ0) is 15.7. The highest BCUT2D eigenvalue weighted by atomic mass is 16.5. The molecule has 0 saturated heterocycles. The molecule has 0 unspecified atom stereocenters. The maximum atomic E-state index is 11.8. The Kier molecular flexibility index (Phi) is 7.26. The molecule has 21 heavy (non-hydrogen) atoms. The number of ether oxygens (including phenoxy) is 1. The molecule has 0 spiro atoms. The van der Waals surface area contributed by atoms with Gasteiger partial charge >= 0.3 is 0 Å². The molecule has 0 aromatic heterocycles. The molecule has 0 fully saturated rings. The summed E-state index contributed by atoms with van der Waals surface area (Å²) in [6.45, 7) is 5.30. The molecule has 1 amide bonds. The predicted octanol–water partition coefficient (Wildman–Crippen LogP) is 3.01. The fourth-order valence-electron chi connectivity index (χ4n) is 1.62. The number of nitrogens with one attached hydrogen (secondary N) is 1. The third kappa shape index (κ3) is 6.77. The van der Waals surface area contributed by atoms with E-state index in [1.165, 1.54) is 6.08 Å². The molecule has 4 nitrogen and oxygen atoms in total. The number of aryl methyl sites for hydroxylation is 1. The van der Waals surface area contributed by atoms with E-state index < -0.39 is 0 Å². The highest BCUT2D eigenvalue weighted by Crippen LogP contribution is 2.25. The van der Waals surface area contributed by atoms with Crippen LogP contribution in [0.3, 0.4) is 0 Å². The molecule has 0 aliphatic carbocycles. The van der Waals surface area contributed by atoms with Crippen molar-refractivity contribution in [3.63, 3.8) is 0 Å². The number of nitrogens with zero attached hydrogens (tertiary/aromatic N) is 1. The summed E-state index contributed by atoms with van der Waals surface area (Å²) in [4.78, 5) is 13.9. The summed E-state index contributed by atoms with van der Waals surface area (Å²) >= 11 is 0. The molecular formula is C17H24N2O2. The fraction of sp³-hybridized carbons (Fsp3) is 0.353. The van der Waals surface area contributed by atoms with Crippen LogP contribution in [0.5, 0.6) is 5.75 Å². The van der Waals surface area contributed by atoms with Crippen LogP contribution in [-0.2, 0) is 4.79 Å². The minimum atomic E-state index is -0.172. The summed E-state index contributed by atoms with van der Waals surface area (Å²) < 4.78 is 5.76. The quantitative estimate of drug-likeness (QED) is 0.619. The van der Waals surface area contributed by atoms with Crippen molar-refractivity contribution < 1.29 is 9.53 Å². The third-order valence-corrected chi connectivity index (χ3v) is 2.74. The number of anilines is 1. The summed E-state index contributed by atoms with van der Waals surface area (Å²) in [5.41, 5.74) is 1.78. The molecule has 0 radical (unpaired) electrons. The van der Waals surface area contributed by atoms with Gasteiger partial charge in [0.05, 0.1) is 5.69 Å². The molecule has 4 heteroatoms. The van der Waals surface area contributed by atoms with E-state index in [1.807, 2.05) is 63.2 Å². The predicted molar refractivity (Wildman–Crippen MR) is 87.8 cm³/mol. The number of carbonyl (C=O) groups excluding carboxylic acids is 1. The average Bonchev–Trinajstić information content (AvgIpc) is 2.41. The largest absolute Gasteiger partial charge is 0.490 e. The first-order valence-electron chi connectivity index (χ1n) is 7.01. The second kappa shape index (κ2) is 8.97. The van der Waals surface area contributed by atoms with Crippen LogP contribution in [0.1, 0.15) is 12.5 Å². The van der Waals surface area contributed by atoms with Crippen molar-refractivity contribution in [2.75, 3.05) is 32.6 Å². The van der Waals surface area contributed by atoms with Gasteiger partial charge in [0.1, 0.15) is 12.4 Å². The zero-order valence-electron chi connectivity index (χ0n) is 13.2. The smallest absolute Gasteiger partial charge is 0.248 e. The van der Waals surface area contributed by atoms with Crippen LogP contribution in [0, 0.1) is 6.92 Å². The molecule has 114 valence electrons. The lowest BCUT2D eigenvalue weighted by molar-refractivity contribution is -0.111. The Labute approximate surface area is 127 Å². The standard InChI is InChI=1S/C17H24N2O2/c1-5-6-7-8-17(20)18-15-10-9-14(2)13-16(15)21-12-11-19(3)4/h5-10,13H,11-12H2,1-4H3,(H,18,20)/b6-5+,8-7+. The van der Waals surface area contributed by atoms with Gasteiger partial charge in [0.25, 0.3) is 0 Å². The Morgan fingerprint density at radius 1 is 1.33 bits per heavy atom. The Morgan fingerprint density at radius 3 is 2.76 bits per heavy atom. The number of hydrogen-bond donors (Lipinski definition) is 1. The second-order valence-electron chi connectivity index (χ2n) is 5.03.